The van der Waals surface area contributed by atoms with Gasteiger partial charge in [-0.2, -0.15) is 0 Å². The average molecular weight is 335 g/mol. The Morgan fingerprint density at radius 1 is 1.33 bits per heavy atom. The number of aliphatic carboxylic acids is 1. The predicted octanol–water partition coefficient (Wildman–Crippen LogP) is 2.63. The zero-order valence-electron chi connectivity index (χ0n) is 14.3. The number of methoxy groups -OCH3 is 1. The van der Waals surface area contributed by atoms with E-state index < -0.39 is 5.97 Å². The van der Waals surface area contributed by atoms with Gasteiger partial charge in [0.25, 0.3) is 5.91 Å². The monoisotopic (exact) mass is 335 g/mol. The number of amides is 1. The van der Waals surface area contributed by atoms with Crippen LogP contribution in [0.5, 0.6) is 11.5 Å². The van der Waals surface area contributed by atoms with Gasteiger partial charge < -0.3 is 19.5 Å². The van der Waals surface area contributed by atoms with Crippen molar-refractivity contribution in [3.8, 4) is 11.5 Å². The molecule has 1 aromatic carbocycles. The largest absolute Gasteiger partial charge is 0.496 e. The Bertz CT molecular complexity index is 587. The number of nitrogens with zero attached hydrogens (tertiary/aromatic N) is 1. The molecule has 0 aromatic heterocycles. The van der Waals surface area contributed by atoms with Crippen molar-refractivity contribution in [3.63, 3.8) is 0 Å². The summed E-state index contributed by atoms with van der Waals surface area (Å²) in [7, 11) is 1.61. The van der Waals surface area contributed by atoms with E-state index in [1.54, 1.807) is 18.1 Å². The molecule has 0 spiro atoms. The Morgan fingerprint density at radius 2 is 2.12 bits per heavy atom. The quantitative estimate of drug-likeness (QED) is 0.829. The van der Waals surface area contributed by atoms with Crippen molar-refractivity contribution in [2.75, 3.05) is 20.3 Å². The lowest BCUT2D eigenvalue weighted by Crippen LogP contribution is -2.46. The molecule has 1 aromatic rings. The number of ether oxygens (including phenoxy) is 2. The molecule has 1 saturated heterocycles. The molecule has 1 amide bonds. The first-order valence-corrected chi connectivity index (χ1v) is 8.30. The lowest BCUT2D eigenvalue weighted by Gasteiger charge is -2.35. The smallest absolute Gasteiger partial charge is 0.303 e. The Kier molecular flexibility index (Phi) is 6.46. The van der Waals surface area contributed by atoms with Gasteiger partial charge in [-0.25, -0.2) is 0 Å². The van der Waals surface area contributed by atoms with E-state index in [9.17, 15) is 9.59 Å². The van der Waals surface area contributed by atoms with Crippen molar-refractivity contribution >= 4 is 11.9 Å². The standard InChI is InChI=1S/C18H25NO5/c1-13-11-15(7-8-16(13)23-2)24-12-17(20)19-10-4-3-5-14(19)6-9-18(21)22/h7-8,11,14H,3-6,9-10,12H2,1-2H3,(H,21,22). The third-order valence-electron chi connectivity index (χ3n) is 4.37. The molecule has 0 bridgehead atoms. The fourth-order valence-electron chi connectivity index (χ4n) is 3.09. The van der Waals surface area contributed by atoms with Gasteiger partial charge in [0.1, 0.15) is 11.5 Å². The summed E-state index contributed by atoms with van der Waals surface area (Å²) in [6.45, 7) is 2.56. The Labute approximate surface area is 142 Å². The fraction of sp³-hybridized carbons (Fsp3) is 0.556. The van der Waals surface area contributed by atoms with Gasteiger partial charge in [0.05, 0.1) is 7.11 Å². The molecule has 6 heteroatoms. The van der Waals surface area contributed by atoms with E-state index in [-0.39, 0.29) is 25.0 Å². The molecule has 1 fully saturated rings. The molecule has 24 heavy (non-hydrogen) atoms. The molecule has 0 saturated carbocycles. The van der Waals surface area contributed by atoms with Crippen LogP contribution in [0.15, 0.2) is 18.2 Å². The zero-order chi connectivity index (χ0) is 17.5. The molecule has 1 aliphatic rings. The maximum atomic E-state index is 12.5. The Hall–Kier alpha value is -2.24. The number of benzene rings is 1. The van der Waals surface area contributed by atoms with Crippen LogP contribution in [0.4, 0.5) is 0 Å². The summed E-state index contributed by atoms with van der Waals surface area (Å²) in [6, 6.07) is 5.43. The Morgan fingerprint density at radius 3 is 2.79 bits per heavy atom. The van der Waals surface area contributed by atoms with Crippen LogP contribution in [0.3, 0.4) is 0 Å². The first-order valence-electron chi connectivity index (χ1n) is 8.30. The van der Waals surface area contributed by atoms with Crippen molar-refractivity contribution in [3.05, 3.63) is 23.8 Å². The van der Waals surface area contributed by atoms with E-state index in [4.69, 9.17) is 14.6 Å². The number of piperidine rings is 1. The number of likely N-dealkylation sites (tertiary alicyclic amines) is 1. The number of aryl methyl sites for hydroxylation is 1. The average Bonchev–Trinajstić information content (AvgIpc) is 2.58. The summed E-state index contributed by atoms with van der Waals surface area (Å²) < 4.78 is 10.8. The maximum absolute atomic E-state index is 12.5. The van der Waals surface area contributed by atoms with Crippen molar-refractivity contribution in [1.29, 1.82) is 0 Å². The van der Waals surface area contributed by atoms with Crippen LogP contribution in [-0.2, 0) is 9.59 Å². The minimum Gasteiger partial charge on any atom is -0.496 e. The van der Waals surface area contributed by atoms with Gasteiger partial charge in [0.15, 0.2) is 6.61 Å². The lowest BCUT2D eigenvalue weighted by atomic mass is 9.98. The zero-order valence-corrected chi connectivity index (χ0v) is 14.3. The van der Waals surface area contributed by atoms with Crippen molar-refractivity contribution in [1.82, 2.24) is 4.90 Å². The van der Waals surface area contributed by atoms with Crippen LogP contribution in [0, 0.1) is 6.92 Å². The Balaban J connectivity index is 1.92. The summed E-state index contributed by atoms with van der Waals surface area (Å²) in [4.78, 5) is 25.0. The molecule has 132 valence electrons. The second kappa shape index (κ2) is 8.57. The van der Waals surface area contributed by atoms with E-state index in [0.717, 1.165) is 30.6 Å². The van der Waals surface area contributed by atoms with Gasteiger partial charge in [-0.1, -0.05) is 0 Å². The molecule has 1 unspecified atom stereocenters. The van der Waals surface area contributed by atoms with Crippen LogP contribution in [0.2, 0.25) is 0 Å². The fourth-order valence-corrected chi connectivity index (χ4v) is 3.09. The van der Waals surface area contributed by atoms with Crippen LogP contribution < -0.4 is 9.47 Å². The molecule has 1 atom stereocenters. The van der Waals surface area contributed by atoms with Crippen LogP contribution in [-0.4, -0.2) is 48.2 Å². The second-order valence-corrected chi connectivity index (χ2v) is 6.09. The summed E-state index contributed by atoms with van der Waals surface area (Å²) in [6.07, 6.45) is 3.44. The van der Waals surface area contributed by atoms with Gasteiger partial charge in [-0.3, -0.25) is 9.59 Å². The molecular formula is C18H25NO5. The van der Waals surface area contributed by atoms with E-state index in [1.165, 1.54) is 0 Å². The van der Waals surface area contributed by atoms with Crippen LogP contribution >= 0.6 is 0 Å². The minimum absolute atomic E-state index is 0.00329. The summed E-state index contributed by atoms with van der Waals surface area (Å²) in [5, 5.41) is 8.85. The first-order chi connectivity index (χ1) is 11.5. The number of carbonyl (C=O) groups is 2. The highest BCUT2D eigenvalue weighted by Gasteiger charge is 2.27. The van der Waals surface area contributed by atoms with E-state index in [0.29, 0.717) is 18.7 Å². The second-order valence-electron chi connectivity index (χ2n) is 6.09. The molecule has 6 nitrogen and oxygen atoms in total. The maximum Gasteiger partial charge on any atom is 0.303 e. The molecular weight excluding hydrogens is 310 g/mol. The van der Waals surface area contributed by atoms with Gasteiger partial charge in [-0.15, -0.1) is 0 Å². The third-order valence-corrected chi connectivity index (χ3v) is 4.37. The molecule has 1 heterocycles. The molecule has 2 rings (SSSR count). The predicted molar refractivity (Wildman–Crippen MR) is 89.4 cm³/mol. The minimum atomic E-state index is -0.821. The molecule has 1 N–H and O–H groups in total. The molecule has 0 radical (unpaired) electrons. The first kappa shape index (κ1) is 18.1. The normalized spacial score (nSPS) is 17.4. The highest BCUT2D eigenvalue weighted by atomic mass is 16.5. The highest BCUT2D eigenvalue weighted by molar-refractivity contribution is 5.78. The summed E-state index contributed by atoms with van der Waals surface area (Å²) in [5.41, 5.74) is 0.944. The van der Waals surface area contributed by atoms with E-state index in [1.807, 2.05) is 19.1 Å². The number of carboxylic acids is 1. The topological polar surface area (TPSA) is 76.1 Å². The number of hydrogen-bond donors (Lipinski definition) is 1. The number of rotatable bonds is 7. The third kappa shape index (κ3) is 4.88. The van der Waals surface area contributed by atoms with Gasteiger partial charge in [0, 0.05) is 19.0 Å². The van der Waals surface area contributed by atoms with Crippen molar-refractivity contribution < 1.29 is 24.2 Å². The van der Waals surface area contributed by atoms with Gasteiger partial charge in [0.2, 0.25) is 0 Å². The lowest BCUT2D eigenvalue weighted by molar-refractivity contribution is -0.141. The SMILES string of the molecule is COc1ccc(OCC(=O)N2CCCCC2CCC(=O)O)cc1C. The van der Waals surface area contributed by atoms with E-state index in [2.05, 4.69) is 0 Å². The molecule has 1 aliphatic heterocycles. The van der Waals surface area contributed by atoms with Crippen LogP contribution in [0.1, 0.15) is 37.7 Å². The van der Waals surface area contributed by atoms with Crippen molar-refractivity contribution in [2.45, 2.75) is 45.1 Å². The van der Waals surface area contributed by atoms with Crippen molar-refractivity contribution in [2.24, 2.45) is 0 Å². The summed E-state index contributed by atoms with van der Waals surface area (Å²) >= 11 is 0. The highest BCUT2D eigenvalue weighted by Crippen LogP contribution is 2.24. The number of carboxylic acid groups (broad SMARTS) is 1. The summed E-state index contributed by atoms with van der Waals surface area (Å²) in [5.74, 6) is 0.496. The van der Waals surface area contributed by atoms with E-state index >= 15 is 0 Å². The van der Waals surface area contributed by atoms with Gasteiger partial charge >= 0.3 is 5.97 Å². The number of hydrogen-bond acceptors (Lipinski definition) is 4. The molecule has 0 aliphatic carbocycles. The van der Waals surface area contributed by atoms with Crippen LogP contribution in [0.25, 0.3) is 0 Å². The van der Waals surface area contributed by atoms with Gasteiger partial charge in [-0.05, 0) is 56.4 Å². The number of carbonyl (C=O) groups excluding carboxylic acids is 1.